The van der Waals surface area contributed by atoms with Gasteiger partial charge < -0.3 is 10.0 Å². The van der Waals surface area contributed by atoms with E-state index in [1.807, 2.05) is 7.05 Å². The fraction of sp³-hybridized carbons (Fsp3) is 0.625. The van der Waals surface area contributed by atoms with Crippen LogP contribution in [-0.2, 0) is 11.8 Å². The zero-order valence-corrected chi connectivity index (χ0v) is 12.2. The second-order valence-corrected chi connectivity index (χ2v) is 6.47. The van der Waals surface area contributed by atoms with Gasteiger partial charge in [-0.05, 0) is 56.8 Å². The molecule has 0 aliphatic carbocycles. The van der Waals surface area contributed by atoms with E-state index in [0.29, 0.717) is 18.4 Å². The summed E-state index contributed by atoms with van der Waals surface area (Å²) in [5, 5.41) is 11.0. The Kier molecular flexibility index (Phi) is 3.33. The minimum absolute atomic E-state index is 0.163. The van der Waals surface area contributed by atoms with Crippen LogP contribution in [0.15, 0.2) is 18.2 Å². The van der Waals surface area contributed by atoms with E-state index in [1.54, 1.807) is 6.07 Å². The molecule has 2 bridgehead atoms. The Labute approximate surface area is 122 Å². The van der Waals surface area contributed by atoms with Crippen LogP contribution in [0.5, 0.6) is 0 Å². The molecule has 2 unspecified atom stereocenters. The Balaban J connectivity index is 2.01. The highest BCUT2D eigenvalue weighted by atomic mass is 19.4. The van der Waals surface area contributed by atoms with Crippen molar-refractivity contribution >= 4 is 0 Å². The minimum atomic E-state index is -4.37. The molecule has 2 aliphatic rings. The van der Waals surface area contributed by atoms with Crippen molar-refractivity contribution in [3.05, 3.63) is 34.9 Å². The third kappa shape index (κ3) is 2.36. The lowest BCUT2D eigenvalue weighted by atomic mass is 9.78. The molecule has 2 nitrogen and oxygen atoms in total. The summed E-state index contributed by atoms with van der Waals surface area (Å²) < 4.78 is 39.2. The maximum atomic E-state index is 13.1. The Morgan fingerprint density at radius 1 is 1.19 bits per heavy atom. The van der Waals surface area contributed by atoms with E-state index in [1.165, 1.54) is 13.0 Å². The van der Waals surface area contributed by atoms with Crippen LogP contribution in [0.4, 0.5) is 13.2 Å². The van der Waals surface area contributed by atoms with E-state index >= 15 is 0 Å². The quantitative estimate of drug-likeness (QED) is 0.858. The van der Waals surface area contributed by atoms with Crippen molar-refractivity contribution in [1.29, 1.82) is 0 Å². The maximum absolute atomic E-state index is 13.1. The third-order valence-electron chi connectivity index (χ3n) is 5.27. The molecule has 0 radical (unpaired) electrons. The molecule has 1 aromatic carbocycles. The number of piperidine rings is 1. The van der Waals surface area contributed by atoms with Gasteiger partial charge in [0.25, 0.3) is 0 Å². The lowest BCUT2D eigenvalue weighted by Gasteiger charge is -2.43. The highest BCUT2D eigenvalue weighted by molar-refractivity contribution is 5.40. The van der Waals surface area contributed by atoms with Gasteiger partial charge in [0.1, 0.15) is 0 Å². The van der Waals surface area contributed by atoms with Crippen LogP contribution in [0.2, 0.25) is 0 Å². The standard InChI is InChI=1S/C16H20F3NO/c1-10-13(4-3-5-14(10)16(17,18)19)15(21)8-11-6-7-12(9-15)20(11)2/h3-5,11-12,21H,6-9H2,1-2H3. The van der Waals surface area contributed by atoms with Crippen LogP contribution in [0.25, 0.3) is 0 Å². The molecule has 2 fully saturated rings. The van der Waals surface area contributed by atoms with Crippen LogP contribution < -0.4 is 0 Å². The molecule has 2 atom stereocenters. The van der Waals surface area contributed by atoms with Crippen molar-refractivity contribution in [3.8, 4) is 0 Å². The van der Waals surface area contributed by atoms with E-state index in [0.717, 1.165) is 18.9 Å². The molecular formula is C16H20F3NO. The average Bonchev–Trinajstić information content (AvgIpc) is 2.61. The van der Waals surface area contributed by atoms with Gasteiger partial charge in [0.15, 0.2) is 0 Å². The molecule has 0 amide bonds. The van der Waals surface area contributed by atoms with E-state index in [9.17, 15) is 18.3 Å². The normalized spacial score (nSPS) is 33.4. The second kappa shape index (κ2) is 4.71. The number of nitrogens with zero attached hydrogens (tertiary/aromatic N) is 1. The Morgan fingerprint density at radius 2 is 1.76 bits per heavy atom. The summed E-state index contributed by atoms with van der Waals surface area (Å²) in [5.74, 6) is 0. The van der Waals surface area contributed by atoms with Crippen LogP contribution in [0.1, 0.15) is 42.4 Å². The van der Waals surface area contributed by atoms with Gasteiger partial charge in [0, 0.05) is 12.1 Å². The highest BCUT2D eigenvalue weighted by Gasteiger charge is 2.48. The lowest BCUT2D eigenvalue weighted by Crippen LogP contribution is -2.48. The largest absolute Gasteiger partial charge is 0.416 e. The van der Waals surface area contributed by atoms with Crippen molar-refractivity contribution < 1.29 is 18.3 Å². The molecule has 21 heavy (non-hydrogen) atoms. The molecule has 2 aliphatic heterocycles. The molecule has 0 saturated carbocycles. The van der Waals surface area contributed by atoms with Crippen LogP contribution >= 0.6 is 0 Å². The van der Waals surface area contributed by atoms with Gasteiger partial charge in [0.2, 0.25) is 0 Å². The summed E-state index contributed by atoms with van der Waals surface area (Å²) in [6.07, 6.45) is -1.31. The predicted octanol–water partition coefficient (Wildman–Crippen LogP) is 3.46. The summed E-state index contributed by atoms with van der Waals surface area (Å²) in [6.45, 7) is 1.47. The molecule has 5 heteroatoms. The van der Waals surface area contributed by atoms with Crippen LogP contribution in [-0.4, -0.2) is 29.1 Å². The number of benzene rings is 1. The van der Waals surface area contributed by atoms with E-state index < -0.39 is 17.3 Å². The fourth-order valence-electron chi connectivity index (χ4n) is 4.11. The maximum Gasteiger partial charge on any atom is 0.416 e. The van der Waals surface area contributed by atoms with Gasteiger partial charge in [-0.2, -0.15) is 13.2 Å². The topological polar surface area (TPSA) is 23.5 Å². The minimum Gasteiger partial charge on any atom is -0.385 e. The fourth-order valence-corrected chi connectivity index (χ4v) is 4.11. The Morgan fingerprint density at radius 3 is 2.29 bits per heavy atom. The van der Waals surface area contributed by atoms with Gasteiger partial charge in [-0.1, -0.05) is 12.1 Å². The Bertz CT molecular complexity index is 541. The van der Waals surface area contributed by atoms with Crippen molar-refractivity contribution in [3.63, 3.8) is 0 Å². The predicted molar refractivity (Wildman–Crippen MR) is 73.9 cm³/mol. The van der Waals surface area contributed by atoms with Gasteiger partial charge in [0.05, 0.1) is 11.2 Å². The molecular weight excluding hydrogens is 279 g/mol. The smallest absolute Gasteiger partial charge is 0.385 e. The van der Waals surface area contributed by atoms with Crippen LogP contribution in [0, 0.1) is 6.92 Å². The number of halogens is 3. The van der Waals surface area contributed by atoms with Crippen molar-refractivity contribution in [2.75, 3.05) is 7.05 Å². The molecule has 3 rings (SSSR count). The van der Waals surface area contributed by atoms with Gasteiger partial charge in [-0.3, -0.25) is 0 Å². The van der Waals surface area contributed by atoms with E-state index in [4.69, 9.17) is 0 Å². The first kappa shape index (κ1) is 14.9. The summed E-state index contributed by atoms with van der Waals surface area (Å²) in [7, 11) is 2.04. The third-order valence-corrected chi connectivity index (χ3v) is 5.27. The number of hydrogen-bond acceptors (Lipinski definition) is 2. The zero-order valence-electron chi connectivity index (χ0n) is 12.2. The molecule has 1 aromatic rings. The number of alkyl halides is 3. The monoisotopic (exact) mass is 299 g/mol. The summed E-state index contributed by atoms with van der Waals surface area (Å²) in [5.41, 5.74) is -1.16. The van der Waals surface area contributed by atoms with Gasteiger partial charge in [-0.25, -0.2) is 0 Å². The molecule has 0 aromatic heterocycles. The van der Waals surface area contributed by atoms with Crippen molar-refractivity contribution in [2.24, 2.45) is 0 Å². The lowest BCUT2D eigenvalue weighted by molar-refractivity contribution is -0.138. The number of hydrogen-bond donors (Lipinski definition) is 1. The highest BCUT2D eigenvalue weighted by Crippen LogP contribution is 2.47. The first-order valence-corrected chi connectivity index (χ1v) is 7.34. The molecule has 116 valence electrons. The van der Waals surface area contributed by atoms with Crippen molar-refractivity contribution in [1.82, 2.24) is 4.90 Å². The average molecular weight is 299 g/mol. The van der Waals surface area contributed by atoms with E-state index in [2.05, 4.69) is 4.90 Å². The molecule has 2 heterocycles. The Hall–Kier alpha value is -1.07. The number of fused-ring (bicyclic) bond motifs is 2. The van der Waals surface area contributed by atoms with E-state index in [-0.39, 0.29) is 17.6 Å². The second-order valence-electron chi connectivity index (χ2n) is 6.47. The first-order chi connectivity index (χ1) is 9.72. The number of rotatable bonds is 1. The molecule has 2 saturated heterocycles. The zero-order chi connectivity index (χ0) is 15.4. The summed E-state index contributed by atoms with van der Waals surface area (Å²) >= 11 is 0. The number of aliphatic hydroxyl groups is 1. The summed E-state index contributed by atoms with van der Waals surface area (Å²) in [6, 6.07) is 4.68. The summed E-state index contributed by atoms with van der Waals surface area (Å²) in [4.78, 5) is 2.26. The molecule has 1 N–H and O–H groups in total. The van der Waals surface area contributed by atoms with Gasteiger partial charge >= 0.3 is 6.18 Å². The van der Waals surface area contributed by atoms with Gasteiger partial charge in [-0.15, -0.1) is 0 Å². The first-order valence-electron chi connectivity index (χ1n) is 7.34. The van der Waals surface area contributed by atoms with Crippen LogP contribution in [0.3, 0.4) is 0 Å². The molecule has 0 spiro atoms. The van der Waals surface area contributed by atoms with Crippen molar-refractivity contribution in [2.45, 2.75) is 56.5 Å². The SMILES string of the molecule is Cc1c(C(F)(F)F)cccc1C1(O)CC2CCC(C1)N2C.